The van der Waals surface area contributed by atoms with Crippen LogP contribution in [0.25, 0.3) is 0 Å². The predicted octanol–water partition coefficient (Wildman–Crippen LogP) is 3.90. The lowest BCUT2D eigenvalue weighted by atomic mass is 9.98. The maximum absolute atomic E-state index is 11.6. The molecular weight excluding hydrogens is 346 g/mol. The highest BCUT2D eigenvalue weighted by molar-refractivity contribution is 9.10. The second-order valence-corrected chi connectivity index (χ2v) is 7.51. The van der Waals surface area contributed by atoms with Crippen LogP contribution in [-0.4, -0.2) is 29.4 Å². The largest absolute Gasteiger partial charge is 0.444 e. The summed E-state index contributed by atoms with van der Waals surface area (Å²) in [7, 11) is 0. The zero-order valence-electron chi connectivity index (χ0n) is 13.7. The number of rotatable bonds is 6. The van der Waals surface area contributed by atoms with Crippen molar-refractivity contribution in [1.29, 1.82) is 0 Å². The number of ether oxygens (including phenoxy) is 1. The first-order chi connectivity index (χ1) is 10.2. The van der Waals surface area contributed by atoms with Gasteiger partial charge < -0.3 is 15.2 Å². The van der Waals surface area contributed by atoms with E-state index >= 15 is 0 Å². The third-order valence-electron chi connectivity index (χ3n) is 3.27. The number of aryl methyl sites for hydroxylation is 1. The van der Waals surface area contributed by atoms with Crippen molar-refractivity contribution in [2.45, 2.75) is 52.2 Å². The van der Waals surface area contributed by atoms with Crippen molar-refractivity contribution in [2.24, 2.45) is 5.92 Å². The minimum absolute atomic E-state index is 0.0250. The van der Waals surface area contributed by atoms with Crippen molar-refractivity contribution < 1.29 is 14.6 Å². The molecule has 0 aliphatic heterocycles. The first kappa shape index (κ1) is 19.0. The van der Waals surface area contributed by atoms with Gasteiger partial charge in [0.15, 0.2) is 0 Å². The molecule has 1 amide bonds. The van der Waals surface area contributed by atoms with Crippen LogP contribution in [0, 0.1) is 5.92 Å². The van der Waals surface area contributed by atoms with Crippen molar-refractivity contribution in [3.05, 3.63) is 34.3 Å². The fourth-order valence-corrected chi connectivity index (χ4v) is 2.21. The van der Waals surface area contributed by atoms with Crippen LogP contribution in [0.3, 0.4) is 0 Å². The van der Waals surface area contributed by atoms with E-state index in [1.807, 2.05) is 52.0 Å². The van der Waals surface area contributed by atoms with E-state index in [4.69, 9.17) is 4.74 Å². The molecule has 22 heavy (non-hydrogen) atoms. The number of carbonyl (C=O) groups excluding carboxylic acids is 1. The Kier molecular flexibility index (Phi) is 7.36. The molecule has 1 unspecified atom stereocenters. The van der Waals surface area contributed by atoms with Crippen molar-refractivity contribution in [1.82, 2.24) is 5.32 Å². The maximum Gasteiger partial charge on any atom is 0.407 e. The summed E-state index contributed by atoms with van der Waals surface area (Å²) >= 11 is 3.40. The highest BCUT2D eigenvalue weighted by Gasteiger charge is 2.19. The van der Waals surface area contributed by atoms with Crippen LogP contribution in [0.5, 0.6) is 0 Å². The number of halogens is 1. The van der Waals surface area contributed by atoms with E-state index in [0.29, 0.717) is 13.0 Å². The number of alkyl carbamates (subject to hydrolysis) is 1. The molecule has 0 bridgehead atoms. The van der Waals surface area contributed by atoms with E-state index in [9.17, 15) is 9.90 Å². The lowest BCUT2D eigenvalue weighted by Crippen LogP contribution is -2.37. The number of aliphatic hydroxyl groups excluding tert-OH is 1. The Morgan fingerprint density at radius 3 is 2.45 bits per heavy atom. The zero-order valence-corrected chi connectivity index (χ0v) is 15.3. The van der Waals surface area contributed by atoms with Gasteiger partial charge >= 0.3 is 6.09 Å². The minimum Gasteiger partial charge on any atom is -0.444 e. The highest BCUT2D eigenvalue weighted by Crippen LogP contribution is 2.15. The second kappa shape index (κ2) is 8.53. The molecule has 1 aromatic rings. The van der Waals surface area contributed by atoms with E-state index < -0.39 is 17.8 Å². The van der Waals surface area contributed by atoms with Crippen LogP contribution in [0.15, 0.2) is 28.7 Å². The molecule has 124 valence electrons. The quantitative estimate of drug-likeness (QED) is 0.796. The number of carbonyl (C=O) groups is 1. The van der Waals surface area contributed by atoms with Gasteiger partial charge in [0.25, 0.3) is 0 Å². The lowest BCUT2D eigenvalue weighted by molar-refractivity contribution is 0.0488. The molecule has 0 aliphatic rings. The molecule has 2 N–H and O–H groups in total. The Morgan fingerprint density at radius 1 is 1.32 bits per heavy atom. The number of nitrogens with one attached hydrogen (secondary N) is 1. The van der Waals surface area contributed by atoms with Gasteiger partial charge in [-0.3, -0.25) is 0 Å². The molecular formula is C17H26BrNO3. The lowest BCUT2D eigenvalue weighted by Gasteiger charge is -2.22. The highest BCUT2D eigenvalue weighted by atomic mass is 79.9. The van der Waals surface area contributed by atoms with Crippen molar-refractivity contribution in [3.8, 4) is 0 Å². The standard InChI is InChI=1S/C17H26BrNO3/c1-12(11-19-16(21)22-17(2,3)4)15(20)10-7-13-5-8-14(18)9-6-13/h5-6,8-9,12,15,20H,7,10-11H2,1-4H3,(H,19,21)/t12-,15?/m1/s1. The molecule has 5 heteroatoms. The van der Waals surface area contributed by atoms with Crippen LogP contribution in [0.2, 0.25) is 0 Å². The molecule has 0 aromatic heterocycles. The average molecular weight is 372 g/mol. The number of aliphatic hydroxyl groups is 1. The molecule has 0 heterocycles. The molecule has 0 saturated carbocycles. The van der Waals surface area contributed by atoms with E-state index in [1.165, 1.54) is 5.56 Å². The predicted molar refractivity (Wildman–Crippen MR) is 91.9 cm³/mol. The number of amides is 1. The number of hydrogen-bond donors (Lipinski definition) is 2. The van der Waals surface area contributed by atoms with Crippen molar-refractivity contribution in [2.75, 3.05) is 6.54 Å². The normalized spacial score (nSPS) is 14.3. The maximum atomic E-state index is 11.6. The van der Waals surface area contributed by atoms with Gasteiger partial charge in [-0.1, -0.05) is 35.0 Å². The van der Waals surface area contributed by atoms with E-state index in [1.54, 1.807) is 0 Å². The third-order valence-corrected chi connectivity index (χ3v) is 3.79. The summed E-state index contributed by atoms with van der Waals surface area (Å²) in [5.41, 5.74) is 0.683. The first-order valence-electron chi connectivity index (χ1n) is 7.57. The van der Waals surface area contributed by atoms with Crippen LogP contribution in [0.4, 0.5) is 4.79 Å². The molecule has 0 spiro atoms. The fourth-order valence-electron chi connectivity index (χ4n) is 1.94. The van der Waals surface area contributed by atoms with Crippen LogP contribution >= 0.6 is 15.9 Å². The molecule has 4 nitrogen and oxygen atoms in total. The Balaban J connectivity index is 2.31. The topological polar surface area (TPSA) is 58.6 Å². The summed E-state index contributed by atoms with van der Waals surface area (Å²) in [4.78, 5) is 11.6. The molecule has 2 atom stereocenters. The van der Waals surface area contributed by atoms with Gasteiger partial charge in [0.1, 0.15) is 5.60 Å². The van der Waals surface area contributed by atoms with E-state index in [0.717, 1.165) is 10.9 Å². The summed E-state index contributed by atoms with van der Waals surface area (Å²) in [5, 5.41) is 12.9. The summed E-state index contributed by atoms with van der Waals surface area (Å²) < 4.78 is 6.22. The van der Waals surface area contributed by atoms with Gasteiger partial charge in [-0.05, 0) is 57.2 Å². The molecule has 0 saturated heterocycles. The average Bonchev–Trinajstić information content (AvgIpc) is 2.42. The Morgan fingerprint density at radius 2 is 1.91 bits per heavy atom. The van der Waals surface area contributed by atoms with Crippen molar-refractivity contribution in [3.63, 3.8) is 0 Å². The Hall–Kier alpha value is -1.07. The van der Waals surface area contributed by atoms with Gasteiger partial charge in [-0.15, -0.1) is 0 Å². The van der Waals surface area contributed by atoms with Crippen LogP contribution in [0.1, 0.15) is 39.7 Å². The number of hydrogen-bond acceptors (Lipinski definition) is 3. The molecule has 0 aliphatic carbocycles. The molecule has 1 rings (SSSR count). The molecule has 0 fully saturated rings. The van der Waals surface area contributed by atoms with Crippen LogP contribution < -0.4 is 5.32 Å². The number of benzene rings is 1. The summed E-state index contributed by atoms with van der Waals surface area (Å²) in [6.07, 6.45) is 0.572. The van der Waals surface area contributed by atoms with Crippen molar-refractivity contribution >= 4 is 22.0 Å². The van der Waals surface area contributed by atoms with Gasteiger partial charge in [-0.2, -0.15) is 0 Å². The fraction of sp³-hybridized carbons (Fsp3) is 0.588. The summed E-state index contributed by atoms with van der Waals surface area (Å²) in [6.45, 7) is 7.79. The monoisotopic (exact) mass is 371 g/mol. The zero-order chi connectivity index (χ0) is 16.8. The van der Waals surface area contributed by atoms with Gasteiger partial charge in [0, 0.05) is 11.0 Å². The molecule has 0 radical (unpaired) electrons. The van der Waals surface area contributed by atoms with Gasteiger partial charge in [0.2, 0.25) is 0 Å². The van der Waals surface area contributed by atoms with E-state index in [-0.39, 0.29) is 5.92 Å². The van der Waals surface area contributed by atoms with E-state index in [2.05, 4.69) is 21.2 Å². The smallest absolute Gasteiger partial charge is 0.407 e. The van der Waals surface area contributed by atoms with Crippen LogP contribution in [-0.2, 0) is 11.2 Å². The first-order valence-corrected chi connectivity index (χ1v) is 8.36. The second-order valence-electron chi connectivity index (χ2n) is 6.59. The Labute approximate surface area is 141 Å². The SMILES string of the molecule is C[C@H](CNC(=O)OC(C)(C)C)C(O)CCc1ccc(Br)cc1. The van der Waals surface area contributed by atoms with Gasteiger partial charge in [-0.25, -0.2) is 4.79 Å². The van der Waals surface area contributed by atoms with Gasteiger partial charge in [0.05, 0.1) is 6.10 Å². The summed E-state index contributed by atoms with van der Waals surface area (Å²) in [6, 6.07) is 8.07. The minimum atomic E-state index is -0.506. The molecule has 1 aromatic carbocycles. The third kappa shape index (κ3) is 7.80. The summed E-state index contributed by atoms with van der Waals surface area (Å²) in [5.74, 6) is -0.0250. The Bertz CT molecular complexity index is 468.